The Bertz CT molecular complexity index is 638. The van der Waals surface area contributed by atoms with Gasteiger partial charge in [-0.2, -0.15) is 0 Å². The maximum Gasteiger partial charge on any atom is 0.223 e. The lowest BCUT2D eigenvalue weighted by Crippen LogP contribution is -2.26. The number of Topliss-reactive ketones (excluding diaryl/α,β-unsaturated/α-hetero) is 1. The lowest BCUT2D eigenvalue weighted by Gasteiger charge is -2.17. The van der Waals surface area contributed by atoms with Crippen LogP contribution in [-0.4, -0.2) is 23.6 Å². The lowest BCUT2D eigenvalue weighted by molar-refractivity contribution is -0.130. The van der Waals surface area contributed by atoms with Gasteiger partial charge in [0.1, 0.15) is 5.82 Å². The van der Waals surface area contributed by atoms with E-state index < -0.39 is 0 Å². The fourth-order valence-corrected chi connectivity index (χ4v) is 2.14. The van der Waals surface area contributed by atoms with Gasteiger partial charge in [0.25, 0.3) is 0 Å². The van der Waals surface area contributed by atoms with Crippen LogP contribution in [0.15, 0.2) is 54.6 Å². The Hall–Kier alpha value is -2.49. The maximum atomic E-state index is 12.8. The highest BCUT2D eigenvalue weighted by molar-refractivity contribution is 5.97. The monoisotopic (exact) mass is 299 g/mol. The number of carbonyl (C=O) groups is 2. The molecule has 0 atom stereocenters. The number of carbonyl (C=O) groups excluding carboxylic acids is 2. The van der Waals surface area contributed by atoms with Crippen LogP contribution in [0.3, 0.4) is 0 Å². The van der Waals surface area contributed by atoms with E-state index in [0.717, 1.165) is 5.56 Å². The molecule has 0 aromatic heterocycles. The molecule has 0 heterocycles. The van der Waals surface area contributed by atoms with E-state index in [4.69, 9.17) is 0 Å². The third-order valence-electron chi connectivity index (χ3n) is 3.42. The molecule has 0 saturated carbocycles. The molecule has 3 nitrogen and oxygen atoms in total. The van der Waals surface area contributed by atoms with Crippen molar-refractivity contribution < 1.29 is 14.0 Å². The highest BCUT2D eigenvalue weighted by Crippen LogP contribution is 2.09. The van der Waals surface area contributed by atoms with Crippen LogP contribution in [0.5, 0.6) is 0 Å². The van der Waals surface area contributed by atoms with Crippen LogP contribution in [0.25, 0.3) is 0 Å². The van der Waals surface area contributed by atoms with E-state index in [2.05, 4.69) is 0 Å². The minimum Gasteiger partial charge on any atom is -0.341 e. The molecule has 2 aromatic rings. The van der Waals surface area contributed by atoms with Crippen molar-refractivity contribution in [1.82, 2.24) is 4.90 Å². The molecule has 4 heteroatoms. The van der Waals surface area contributed by atoms with Crippen molar-refractivity contribution in [1.29, 1.82) is 0 Å². The molecule has 2 aromatic carbocycles. The highest BCUT2D eigenvalue weighted by atomic mass is 19.1. The maximum absolute atomic E-state index is 12.8. The number of benzene rings is 2. The van der Waals surface area contributed by atoms with Crippen LogP contribution in [0.2, 0.25) is 0 Å². The zero-order chi connectivity index (χ0) is 15.9. The molecule has 0 unspecified atom stereocenters. The summed E-state index contributed by atoms with van der Waals surface area (Å²) in [4.78, 5) is 25.6. The first kappa shape index (κ1) is 15.9. The summed E-state index contributed by atoms with van der Waals surface area (Å²) in [5, 5.41) is 0. The Balaban J connectivity index is 1.84. The van der Waals surface area contributed by atoms with Crippen LogP contribution in [0, 0.1) is 5.82 Å². The summed E-state index contributed by atoms with van der Waals surface area (Å²) in [5.74, 6) is -0.615. The smallest absolute Gasteiger partial charge is 0.223 e. The van der Waals surface area contributed by atoms with Crippen molar-refractivity contribution in [2.24, 2.45) is 0 Å². The van der Waals surface area contributed by atoms with Gasteiger partial charge in [-0.15, -0.1) is 0 Å². The van der Waals surface area contributed by atoms with Gasteiger partial charge >= 0.3 is 0 Å². The van der Waals surface area contributed by atoms with Crippen LogP contribution >= 0.6 is 0 Å². The molecule has 0 fully saturated rings. The normalized spacial score (nSPS) is 10.3. The van der Waals surface area contributed by atoms with Gasteiger partial charge in [0.2, 0.25) is 5.91 Å². The van der Waals surface area contributed by atoms with Gasteiger partial charge < -0.3 is 4.90 Å². The third kappa shape index (κ3) is 4.52. The summed E-state index contributed by atoms with van der Waals surface area (Å²) in [7, 11) is 1.72. The predicted molar refractivity (Wildman–Crippen MR) is 82.9 cm³/mol. The molecular formula is C18H18FNO2. The molecule has 0 aliphatic heterocycles. The zero-order valence-electron chi connectivity index (χ0n) is 12.5. The summed E-state index contributed by atoms with van der Waals surface area (Å²) in [5.41, 5.74) is 1.48. The van der Waals surface area contributed by atoms with Gasteiger partial charge in [-0.3, -0.25) is 9.59 Å². The summed E-state index contributed by atoms with van der Waals surface area (Å²) in [6.45, 7) is 0.518. The topological polar surface area (TPSA) is 37.4 Å². The Morgan fingerprint density at radius 2 is 1.59 bits per heavy atom. The molecule has 0 radical (unpaired) electrons. The Morgan fingerprint density at radius 3 is 2.23 bits per heavy atom. The van der Waals surface area contributed by atoms with E-state index in [1.165, 1.54) is 24.3 Å². The molecule has 0 bridgehead atoms. The number of hydrogen-bond acceptors (Lipinski definition) is 2. The molecule has 0 aliphatic carbocycles. The second-order valence-corrected chi connectivity index (χ2v) is 5.17. The highest BCUT2D eigenvalue weighted by Gasteiger charge is 2.13. The van der Waals surface area contributed by atoms with Crippen LogP contribution < -0.4 is 0 Å². The summed E-state index contributed by atoms with van der Waals surface area (Å²) < 4.78 is 12.8. The first-order valence-corrected chi connectivity index (χ1v) is 7.13. The minimum atomic E-state index is -0.379. The van der Waals surface area contributed by atoms with E-state index in [-0.39, 0.29) is 30.3 Å². The Morgan fingerprint density at radius 1 is 0.955 bits per heavy atom. The number of nitrogens with zero attached hydrogens (tertiary/aromatic N) is 1. The SMILES string of the molecule is CN(Cc1ccccc1)C(=O)CCC(=O)c1ccc(F)cc1. The molecule has 114 valence electrons. The summed E-state index contributed by atoms with van der Waals surface area (Å²) in [6, 6.07) is 15.0. The summed E-state index contributed by atoms with van der Waals surface area (Å²) >= 11 is 0. The average molecular weight is 299 g/mol. The first-order valence-electron chi connectivity index (χ1n) is 7.13. The summed E-state index contributed by atoms with van der Waals surface area (Å²) in [6.07, 6.45) is 0.281. The van der Waals surface area contributed by atoms with Gasteiger partial charge in [0.15, 0.2) is 5.78 Å². The van der Waals surface area contributed by atoms with Crippen molar-refractivity contribution in [2.45, 2.75) is 19.4 Å². The minimum absolute atomic E-state index is 0.0840. The first-order chi connectivity index (χ1) is 10.6. The number of halogens is 1. The van der Waals surface area contributed by atoms with E-state index in [0.29, 0.717) is 12.1 Å². The molecule has 0 aliphatic rings. The zero-order valence-corrected chi connectivity index (χ0v) is 12.5. The van der Waals surface area contributed by atoms with Crippen molar-refractivity contribution in [3.63, 3.8) is 0 Å². The van der Waals surface area contributed by atoms with Gasteiger partial charge in [-0.1, -0.05) is 30.3 Å². The largest absolute Gasteiger partial charge is 0.341 e. The molecule has 0 saturated heterocycles. The molecule has 0 spiro atoms. The third-order valence-corrected chi connectivity index (χ3v) is 3.42. The predicted octanol–water partition coefficient (Wildman–Crippen LogP) is 3.45. The van der Waals surface area contributed by atoms with Gasteiger partial charge in [0.05, 0.1) is 0 Å². The van der Waals surface area contributed by atoms with E-state index >= 15 is 0 Å². The van der Waals surface area contributed by atoms with Crippen molar-refractivity contribution >= 4 is 11.7 Å². The second-order valence-electron chi connectivity index (χ2n) is 5.17. The number of hydrogen-bond donors (Lipinski definition) is 0. The standard InChI is InChI=1S/C18H18FNO2/c1-20(13-14-5-3-2-4-6-14)18(22)12-11-17(21)15-7-9-16(19)10-8-15/h2-10H,11-13H2,1H3. The van der Waals surface area contributed by atoms with Gasteiger partial charge in [-0.05, 0) is 29.8 Å². The molecule has 22 heavy (non-hydrogen) atoms. The number of amides is 1. The van der Waals surface area contributed by atoms with Crippen LogP contribution in [-0.2, 0) is 11.3 Å². The van der Waals surface area contributed by atoms with Crippen molar-refractivity contribution in [3.8, 4) is 0 Å². The van der Waals surface area contributed by atoms with Gasteiger partial charge in [-0.25, -0.2) is 4.39 Å². The van der Waals surface area contributed by atoms with E-state index in [1.807, 2.05) is 30.3 Å². The van der Waals surface area contributed by atoms with E-state index in [9.17, 15) is 14.0 Å². The second kappa shape index (κ2) is 7.50. The lowest BCUT2D eigenvalue weighted by atomic mass is 10.1. The van der Waals surface area contributed by atoms with E-state index in [1.54, 1.807) is 11.9 Å². The fourth-order valence-electron chi connectivity index (χ4n) is 2.14. The number of ketones is 1. The fraction of sp³-hybridized carbons (Fsp3) is 0.222. The van der Waals surface area contributed by atoms with Gasteiger partial charge in [0, 0.05) is 32.0 Å². The van der Waals surface area contributed by atoms with Crippen LogP contribution in [0.1, 0.15) is 28.8 Å². The van der Waals surface area contributed by atoms with Crippen LogP contribution in [0.4, 0.5) is 4.39 Å². The quantitative estimate of drug-likeness (QED) is 0.766. The van der Waals surface area contributed by atoms with Crippen molar-refractivity contribution in [3.05, 3.63) is 71.5 Å². The Kier molecular flexibility index (Phi) is 5.42. The average Bonchev–Trinajstić information content (AvgIpc) is 2.53. The Labute approximate surface area is 129 Å². The molecule has 0 N–H and O–H groups in total. The number of rotatable bonds is 6. The molecule has 2 rings (SSSR count). The molecular weight excluding hydrogens is 281 g/mol. The molecule has 1 amide bonds. The van der Waals surface area contributed by atoms with Crippen molar-refractivity contribution in [2.75, 3.05) is 7.05 Å².